The van der Waals surface area contributed by atoms with E-state index in [4.69, 9.17) is 10.5 Å². The molecule has 1 aliphatic heterocycles. The molecule has 0 bridgehead atoms. The summed E-state index contributed by atoms with van der Waals surface area (Å²) in [7, 11) is 1.81. The van der Waals surface area contributed by atoms with Crippen LogP contribution in [0.3, 0.4) is 0 Å². The van der Waals surface area contributed by atoms with Crippen LogP contribution < -0.4 is 5.73 Å². The Hall–Kier alpha value is -0.770. The molecule has 4 nitrogen and oxygen atoms in total. The van der Waals surface area contributed by atoms with E-state index in [-0.39, 0.29) is 5.54 Å². The van der Waals surface area contributed by atoms with Gasteiger partial charge in [0.2, 0.25) is 0 Å². The molecule has 1 saturated carbocycles. The van der Waals surface area contributed by atoms with Gasteiger partial charge in [0.15, 0.2) is 5.96 Å². The molecule has 0 unspecified atom stereocenters. The Morgan fingerprint density at radius 1 is 1.53 bits per heavy atom. The van der Waals surface area contributed by atoms with Gasteiger partial charge < -0.3 is 15.4 Å². The lowest BCUT2D eigenvalue weighted by Crippen LogP contribution is -2.53. The molecule has 86 valence electrons. The number of hydrogen-bond donors (Lipinski definition) is 1. The van der Waals surface area contributed by atoms with Gasteiger partial charge in [-0.15, -0.1) is 0 Å². The molecule has 0 atom stereocenters. The van der Waals surface area contributed by atoms with E-state index in [0.29, 0.717) is 6.10 Å². The number of methoxy groups -OCH3 is 1. The smallest absolute Gasteiger partial charge is 0.191 e. The van der Waals surface area contributed by atoms with Crippen LogP contribution in [0.15, 0.2) is 4.99 Å². The Morgan fingerprint density at radius 2 is 2.20 bits per heavy atom. The van der Waals surface area contributed by atoms with Crippen molar-refractivity contribution >= 4 is 5.96 Å². The average Bonchev–Trinajstić information content (AvgIpc) is 2.57. The maximum atomic E-state index is 5.91. The lowest BCUT2D eigenvalue weighted by Gasteiger charge is -2.43. The van der Waals surface area contributed by atoms with E-state index in [1.165, 1.54) is 0 Å². The second-order valence-corrected chi connectivity index (χ2v) is 4.58. The number of nitrogens with two attached hydrogens (primary N) is 1. The molecule has 2 N–H and O–H groups in total. The minimum Gasteiger partial charge on any atom is -0.381 e. The molecule has 2 rings (SSSR count). The second kappa shape index (κ2) is 4.00. The van der Waals surface area contributed by atoms with Crippen LogP contribution in [0.5, 0.6) is 0 Å². The largest absolute Gasteiger partial charge is 0.381 e. The van der Waals surface area contributed by atoms with Crippen LogP contribution in [0.2, 0.25) is 0 Å². The Kier molecular flexibility index (Phi) is 2.87. The van der Waals surface area contributed by atoms with E-state index in [2.05, 4.69) is 16.8 Å². The summed E-state index contributed by atoms with van der Waals surface area (Å²) in [5.41, 5.74) is 6.12. The molecule has 0 saturated heterocycles. The monoisotopic (exact) mass is 211 g/mol. The van der Waals surface area contributed by atoms with Crippen LogP contribution in [-0.4, -0.2) is 42.7 Å². The van der Waals surface area contributed by atoms with Gasteiger partial charge in [-0.1, -0.05) is 0 Å². The highest BCUT2D eigenvalue weighted by Crippen LogP contribution is 2.37. The van der Waals surface area contributed by atoms with Crippen LogP contribution in [0.25, 0.3) is 0 Å². The first-order valence-electron chi connectivity index (χ1n) is 5.82. The van der Waals surface area contributed by atoms with Gasteiger partial charge in [-0.2, -0.15) is 0 Å². The summed E-state index contributed by atoms with van der Waals surface area (Å²) < 4.78 is 5.40. The summed E-state index contributed by atoms with van der Waals surface area (Å²) in [5.74, 6) is 0.730. The van der Waals surface area contributed by atoms with Crippen LogP contribution in [-0.2, 0) is 4.74 Å². The number of guanidine groups is 1. The summed E-state index contributed by atoms with van der Waals surface area (Å²) in [5, 5.41) is 0. The third-order valence-corrected chi connectivity index (χ3v) is 3.90. The molecule has 0 radical (unpaired) electrons. The standard InChI is InChI=1S/C11H21N3O/c1-3-14-10(12)13-8-11(14)6-4-9(15-2)5-7-11/h9H,3-8H2,1-2H3,(H2,12,13). The van der Waals surface area contributed by atoms with Gasteiger partial charge in [-0.25, -0.2) is 0 Å². The normalized spacial score (nSPS) is 36.0. The number of hydrogen-bond acceptors (Lipinski definition) is 4. The zero-order valence-electron chi connectivity index (χ0n) is 9.70. The molecule has 1 heterocycles. The highest BCUT2D eigenvalue weighted by molar-refractivity contribution is 5.81. The quantitative estimate of drug-likeness (QED) is 0.740. The molecule has 4 heteroatoms. The van der Waals surface area contributed by atoms with Crippen molar-refractivity contribution in [1.29, 1.82) is 0 Å². The molecule has 1 spiro atoms. The fourth-order valence-electron chi connectivity index (χ4n) is 2.93. The molecule has 0 aromatic carbocycles. The summed E-state index contributed by atoms with van der Waals surface area (Å²) in [4.78, 5) is 6.67. The van der Waals surface area contributed by atoms with E-state index in [0.717, 1.165) is 44.7 Å². The lowest BCUT2D eigenvalue weighted by molar-refractivity contribution is 0.0243. The number of ether oxygens (including phenoxy) is 1. The second-order valence-electron chi connectivity index (χ2n) is 4.58. The zero-order chi connectivity index (χ0) is 10.9. The summed E-state index contributed by atoms with van der Waals surface area (Å²) in [6.45, 7) is 3.99. The maximum absolute atomic E-state index is 5.91. The first-order valence-corrected chi connectivity index (χ1v) is 5.82. The summed E-state index contributed by atoms with van der Waals surface area (Å²) in [6.07, 6.45) is 5.02. The van der Waals surface area contributed by atoms with Gasteiger partial charge in [-0.05, 0) is 32.6 Å². The van der Waals surface area contributed by atoms with Crippen molar-refractivity contribution in [1.82, 2.24) is 4.90 Å². The third-order valence-electron chi connectivity index (χ3n) is 3.90. The van der Waals surface area contributed by atoms with Gasteiger partial charge in [0.05, 0.1) is 18.2 Å². The van der Waals surface area contributed by atoms with E-state index in [9.17, 15) is 0 Å². The Labute approximate surface area is 91.5 Å². The number of rotatable bonds is 2. The molecule has 0 amide bonds. The van der Waals surface area contributed by atoms with Gasteiger partial charge in [0.25, 0.3) is 0 Å². The molecular weight excluding hydrogens is 190 g/mol. The van der Waals surface area contributed by atoms with Crippen molar-refractivity contribution in [3.8, 4) is 0 Å². The Bertz CT molecular complexity index is 257. The zero-order valence-corrected chi connectivity index (χ0v) is 9.70. The van der Waals surface area contributed by atoms with Gasteiger partial charge in [0, 0.05) is 13.7 Å². The number of likely N-dealkylation sites (N-methyl/N-ethyl adjacent to an activating group) is 1. The average molecular weight is 211 g/mol. The SMILES string of the molecule is CCN1C(N)=NCC12CCC(OC)CC2. The van der Waals surface area contributed by atoms with Crippen molar-refractivity contribution in [2.45, 2.75) is 44.2 Å². The Balaban J connectivity index is 2.04. The number of nitrogens with zero attached hydrogens (tertiary/aromatic N) is 2. The van der Waals surface area contributed by atoms with E-state index < -0.39 is 0 Å². The van der Waals surface area contributed by atoms with Gasteiger partial charge >= 0.3 is 0 Å². The molecule has 1 fully saturated rings. The first kappa shape index (κ1) is 10.7. The van der Waals surface area contributed by atoms with Crippen LogP contribution in [0.4, 0.5) is 0 Å². The van der Waals surface area contributed by atoms with Crippen molar-refractivity contribution in [2.75, 3.05) is 20.2 Å². The van der Waals surface area contributed by atoms with Crippen LogP contribution >= 0.6 is 0 Å². The van der Waals surface area contributed by atoms with Crippen LogP contribution in [0.1, 0.15) is 32.6 Å². The summed E-state index contributed by atoms with van der Waals surface area (Å²) in [6, 6.07) is 0. The van der Waals surface area contributed by atoms with E-state index in [1.807, 2.05) is 0 Å². The minimum atomic E-state index is 0.216. The lowest BCUT2D eigenvalue weighted by atomic mass is 9.79. The summed E-state index contributed by atoms with van der Waals surface area (Å²) >= 11 is 0. The maximum Gasteiger partial charge on any atom is 0.191 e. The fourth-order valence-corrected chi connectivity index (χ4v) is 2.93. The van der Waals surface area contributed by atoms with Crippen molar-refractivity contribution in [3.05, 3.63) is 0 Å². The predicted octanol–water partition coefficient (Wildman–Crippen LogP) is 0.964. The highest BCUT2D eigenvalue weighted by atomic mass is 16.5. The minimum absolute atomic E-state index is 0.216. The highest BCUT2D eigenvalue weighted by Gasteiger charge is 2.43. The molecule has 15 heavy (non-hydrogen) atoms. The molecule has 0 aromatic rings. The van der Waals surface area contributed by atoms with Crippen LogP contribution in [0, 0.1) is 0 Å². The van der Waals surface area contributed by atoms with Crippen molar-refractivity contribution in [2.24, 2.45) is 10.7 Å². The molecule has 1 aliphatic carbocycles. The Morgan fingerprint density at radius 3 is 2.73 bits per heavy atom. The van der Waals surface area contributed by atoms with Crippen molar-refractivity contribution in [3.63, 3.8) is 0 Å². The first-order chi connectivity index (χ1) is 7.22. The molecule has 0 aromatic heterocycles. The third kappa shape index (κ3) is 1.71. The predicted molar refractivity (Wildman–Crippen MR) is 60.9 cm³/mol. The van der Waals surface area contributed by atoms with E-state index in [1.54, 1.807) is 7.11 Å². The molecule has 2 aliphatic rings. The van der Waals surface area contributed by atoms with Crippen molar-refractivity contribution < 1.29 is 4.74 Å². The van der Waals surface area contributed by atoms with Gasteiger partial charge in [0.1, 0.15) is 0 Å². The fraction of sp³-hybridized carbons (Fsp3) is 0.909. The topological polar surface area (TPSA) is 50.8 Å². The van der Waals surface area contributed by atoms with E-state index >= 15 is 0 Å². The number of aliphatic imine (C=N–C) groups is 1. The molecular formula is C11H21N3O. The van der Waals surface area contributed by atoms with Gasteiger partial charge in [-0.3, -0.25) is 4.99 Å².